The van der Waals surface area contributed by atoms with Gasteiger partial charge in [-0.3, -0.25) is 4.79 Å². The Morgan fingerprint density at radius 1 is 0.527 bits per heavy atom. The van der Waals surface area contributed by atoms with Gasteiger partial charge < -0.3 is 53.6 Å². The van der Waals surface area contributed by atoms with Crippen molar-refractivity contribution in [2.24, 2.45) is 0 Å². The average molecular weight is 1150 g/mol. The van der Waals surface area contributed by atoms with Gasteiger partial charge in [0.25, 0.3) is 0 Å². The van der Waals surface area contributed by atoms with E-state index in [-0.39, 0.29) is 92.7 Å². The van der Waals surface area contributed by atoms with Gasteiger partial charge in [0.2, 0.25) is 26.0 Å². The summed E-state index contributed by atoms with van der Waals surface area (Å²) >= 11 is 25.6. The van der Waals surface area contributed by atoms with E-state index in [0.29, 0.717) is 90.5 Å². The predicted octanol–water partition coefficient (Wildman–Crippen LogP) is 5.56. The third kappa shape index (κ3) is 17.8. The van der Waals surface area contributed by atoms with Crippen LogP contribution in [-0.4, -0.2) is 172 Å². The molecule has 18 nitrogen and oxygen atoms in total. The number of amides is 1. The normalized spacial score (nSPS) is 17.5. The molecule has 74 heavy (non-hydrogen) atoms. The van der Waals surface area contributed by atoms with Crippen LogP contribution in [0.3, 0.4) is 0 Å². The summed E-state index contributed by atoms with van der Waals surface area (Å²) in [7, 11) is 0.350. The summed E-state index contributed by atoms with van der Waals surface area (Å²) in [5.41, 5.74) is 3.82. The summed E-state index contributed by atoms with van der Waals surface area (Å²) < 4.78 is 96.8. The first-order valence-corrected chi connectivity index (χ1v) is 28.6. The van der Waals surface area contributed by atoms with Gasteiger partial charge in [-0.1, -0.05) is 46.4 Å². The first kappa shape index (κ1) is 59.8. The van der Waals surface area contributed by atoms with E-state index in [2.05, 4.69) is 29.9 Å². The molecule has 2 aliphatic rings. The number of nitrogens with one attached hydrogen (secondary N) is 4. The molecule has 0 fully saturated rings. The van der Waals surface area contributed by atoms with Crippen LogP contribution < -0.4 is 29.6 Å². The minimum absolute atomic E-state index is 0.0219. The maximum Gasteiger partial charge on any atom is 0.246 e. The number of nitrogens with zero attached hydrogens (tertiary/aromatic N) is 2. The van der Waals surface area contributed by atoms with Crippen molar-refractivity contribution in [3.8, 4) is 11.5 Å². The zero-order valence-electron chi connectivity index (χ0n) is 41.9. The first-order valence-electron chi connectivity index (χ1n) is 24.1. The number of ether oxygens (including phenoxy) is 7. The van der Waals surface area contributed by atoms with Crippen molar-refractivity contribution in [2.75, 3.05) is 127 Å². The minimum Gasteiger partial charge on any atom is -0.484 e. The summed E-state index contributed by atoms with van der Waals surface area (Å²) in [6, 6.07) is 19.8. The molecule has 0 saturated carbocycles. The number of fused-ring (bicyclic) bond motifs is 2. The maximum absolute atomic E-state index is 12.9. The lowest BCUT2D eigenvalue weighted by Gasteiger charge is -2.27. The van der Waals surface area contributed by atoms with Gasteiger partial charge in [-0.2, -0.15) is 0 Å². The first-order chi connectivity index (χ1) is 35.4. The van der Waals surface area contributed by atoms with Crippen LogP contribution in [0.1, 0.15) is 34.5 Å². The van der Waals surface area contributed by atoms with Crippen LogP contribution in [0.15, 0.2) is 82.6 Å². The van der Waals surface area contributed by atoms with Crippen molar-refractivity contribution < 1.29 is 54.8 Å². The summed E-state index contributed by atoms with van der Waals surface area (Å²) in [5, 5.41) is 8.13. The van der Waals surface area contributed by atoms with Crippen LogP contribution in [0.25, 0.3) is 0 Å². The number of hydrogen-bond acceptors (Lipinski definition) is 15. The van der Waals surface area contributed by atoms with Gasteiger partial charge in [-0.25, -0.2) is 26.3 Å². The van der Waals surface area contributed by atoms with Crippen LogP contribution >= 0.6 is 46.4 Å². The van der Waals surface area contributed by atoms with E-state index in [1.165, 1.54) is 24.3 Å². The Morgan fingerprint density at radius 3 is 1.31 bits per heavy atom. The monoisotopic (exact) mass is 1150 g/mol. The van der Waals surface area contributed by atoms with Gasteiger partial charge in [0.1, 0.15) is 30.3 Å². The van der Waals surface area contributed by atoms with Crippen molar-refractivity contribution in [2.45, 2.75) is 46.9 Å². The Balaban J connectivity index is 0.705. The molecule has 2 aliphatic carbocycles. The van der Waals surface area contributed by atoms with Crippen molar-refractivity contribution in [1.82, 2.24) is 29.9 Å². The molecule has 0 spiro atoms. The third-order valence-electron chi connectivity index (χ3n) is 12.1. The number of likely N-dealkylation sites (N-methyl/N-ethyl adjacent to an activating group) is 2. The Bertz CT molecular complexity index is 2660. The lowest BCUT2D eigenvalue weighted by atomic mass is 10.1. The zero-order chi connectivity index (χ0) is 53.3. The topological polar surface area (TPSA) is 205 Å². The molecular weight excluding hydrogens is 1080 g/mol. The van der Waals surface area contributed by atoms with Crippen LogP contribution in [0, 0.1) is 0 Å². The standard InChI is InChI=1S/C50H66Cl4N6O12S2/c1-59(2)46-31-40-42(27-34(51)29-44(40)53)49(46)71-36-5-9-38(10-6-36)73(62,63)57-16-21-68-25-23-66-18-13-55-14-19-70-33-48(61)56-15-20-67-24-26-69-22-17-58-74(64,65)39-11-7-37(8-12-39)72-50-43-28-35(52)30-45(54)41(43)32-47(50)60(3)4/h5-12,27-30,46-47,49-50,55,57-58H,13-26,31-33H2,1-4H3,(H,56,61)/t46-,47-,49-,50-/m0/s1. The Labute approximate surface area is 454 Å². The second kappa shape index (κ2) is 29.4. The van der Waals surface area contributed by atoms with Gasteiger partial charge in [-0.05, 0) is 125 Å². The Kier molecular flexibility index (Phi) is 23.8. The van der Waals surface area contributed by atoms with Gasteiger partial charge in [-0.15, -0.1) is 0 Å². The van der Waals surface area contributed by atoms with E-state index < -0.39 is 20.0 Å². The number of rotatable bonds is 33. The lowest BCUT2D eigenvalue weighted by Crippen LogP contribution is -2.34. The van der Waals surface area contributed by atoms with Gasteiger partial charge >= 0.3 is 0 Å². The van der Waals surface area contributed by atoms with E-state index in [1.807, 2.05) is 40.3 Å². The summed E-state index contributed by atoms with van der Waals surface area (Å²) in [6.45, 7) is 3.93. The molecule has 0 bridgehead atoms. The fourth-order valence-electron chi connectivity index (χ4n) is 8.31. The molecule has 4 N–H and O–H groups in total. The molecule has 0 aliphatic heterocycles. The van der Waals surface area contributed by atoms with E-state index in [0.717, 1.165) is 22.3 Å². The number of halogens is 4. The number of benzene rings is 4. The van der Waals surface area contributed by atoms with E-state index >= 15 is 0 Å². The SMILES string of the molecule is CN(C)[C@H]1Cc2c(Cl)cc(Cl)cc2[C@@H]1Oc1ccc(S(=O)(=O)NCCOCCOCCNCCOCC(=O)NCCOCCOCCNS(=O)(=O)c2ccc(O[C@H]3c4cc(Cl)cc(Cl)c4C[C@@H]3N(C)C)cc2)cc1. The van der Waals surface area contributed by atoms with E-state index in [4.69, 9.17) is 79.6 Å². The van der Waals surface area contributed by atoms with Gasteiger partial charge in [0.15, 0.2) is 0 Å². The molecule has 0 unspecified atom stereocenters. The number of hydrogen-bond donors (Lipinski definition) is 4. The highest BCUT2D eigenvalue weighted by Crippen LogP contribution is 2.43. The molecule has 0 radical (unpaired) electrons. The molecule has 0 heterocycles. The van der Waals surface area contributed by atoms with Crippen LogP contribution in [-0.2, 0) is 61.4 Å². The van der Waals surface area contributed by atoms with Crippen molar-refractivity contribution in [3.63, 3.8) is 0 Å². The highest BCUT2D eigenvalue weighted by Gasteiger charge is 2.39. The molecule has 0 aromatic heterocycles. The van der Waals surface area contributed by atoms with Crippen LogP contribution in [0.5, 0.6) is 11.5 Å². The second-order valence-corrected chi connectivity index (χ2v) is 23.0. The van der Waals surface area contributed by atoms with Crippen molar-refractivity contribution in [1.29, 1.82) is 0 Å². The van der Waals surface area contributed by atoms with Crippen LogP contribution in [0.2, 0.25) is 20.1 Å². The number of sulfonamides is 2. The average Bonchev–Trinajstić information content (AvgIpc) is 3.91. The summed E-state index contributed by atoms with van der Waals surface area (Å²) in [5.74, 6) is 0.770. The van der Waals surface area contributed by atoms with Crippen molar-refractivity contribution >= 4 is 72.4 Å². The minimum atomic E-state index is -3.78. The quantitative estimate of drug-likeness (QED) is 0.0432. The third-order valence-corrected chi connectivity index (χ3v) is 16.2. The second-order valence-electron chi connectivity index (χ2n) is 17.8. The van der Waals surface area contributed by atoms with Gasteiger partial charge in [0, 0.05) is 63.9 Å². The maximum atomic E-state index is 12.9. The largest absolute Gasteiger partial charge is 0.484 e. The smallest absolute Gasteiger partial charge is 0.246 e. The molecule has 6 rings (SSSR count). The van der Waals surface area contributed by atoms with Crippen molar-refractivity contribution in [3.05, 3.63) is 115 Å². The lowest BCUT2D eigenvalue weighted by molar-refractivity contribution is -0.125. The zero-order valence-corrected chi connectivity index (χ0v) is 46.5. The van der Waals surface area contributed by atoms with Crippen LogP contribution in [0.4, 0.5) is 0 Å². The molecule has 1 amide bonds. The number of carbonyl (C=O) groups excluding carboxylic acids is 1. The number of carbonyl (C=O) groups is 1. The molecule has 408 valence electrons. The molecule has 4 aromatic carbocycles. The highest BCUT2D eigenvalue weighted by molar-refractivity contribution is 7.89. The van der Waals surface area contributed by atoms with E-state index in [1.54, 1.807) is 36.4 Å². The Morgan fingerprint density at radius 2 is 0.905 bits per heavy atom. The molecule has 0 saturated heterocycles. The fourth-order valence-corrected chi connectivity index (χ4v) is 11.5. The molecule has 4 aromatic rings. The molecule has 4 atom stereocenters. The molecular formula is C50H66Cl4N6O12S2. The summed E-state index contributed by atoms with van der Waals surface area (Å²) in [4.78, 5) is 16.4. The predicted molar refractivity (Wildman–Crippen MR) is 285 cm³/mol. The van der Waals surface area contributed by atoms with Gasteiger partial charge in [0.05, 0.1) is 81.3 Å². The molecule has 24 heteroatoms. The highest BCUT2D eigenvalue weighted by atomic mass is 35.5. The summed E-state index contributed by atoms with van der Waals surface area (Å²) in [6.07, 6.45) is 0.748. The fraction of sp³-hybridized carbons (Fsp3) is 0.500. The van der Waals surface area contributed by atoms with E-state index in [9.17, 15) is 21.6 Å². The Hall–Kier alpha value is -3.39.